The molecule has 0 radical (unpaired) electrons. The minimum absolute atomic E-state index is 0.148. The molecule has 210 valence electrons. The molecule has 3 nitrogen and oxygen atoms in total. The van der Waals surface area contributed by atoms with Crippen LogP contribution in [0.4, 0.5) is 13.2 Å². The quantitative estimate of drug-likeness (QED) is 0.0871. The number of hydrogen-bond donors (Lipinski definition) is 0. The maximum atomic E-state index is 12.7. The van der Waals surface area contributed by atoms with Crippen molar-refractivity contribution in [3.8, 4) is 17.6 Å². The minimum Gasteiger partial charge on any atom is -0.494 e. The lowest BCUT2D eigenvalue weighted by Gasteiger charge is -2.18. The first kappa shape index (κ1) is 29.8. The Morgan fingerprint density at radius 3 is 1.83 bits per heavy atom. The minimum atomic E-state index is -4.40. The number of carbonyl (C=O) groups is 1. The Morgan fingerprint density at radius 2 is 1.29 bits per heavy atom. The van der Waals surface area contributed by atoms with Crippen molar-refractivity contribution in [2.45, 2.75) is 53.2 Å². The third-order valence-corrected chi connectivity index (χ3v) is 8.13. The van der Waals surface area contributed by atoms with E-state index in [1.807, 2.05) is 48.5 Å². The maximum absolute atomic E-state index is 12.7. The van der Waals surface area contributed by atoms with Crippen molar-refractivity contribution >= 4 is 16.9 Å². The summed E-state index contributed by atoms with van der Waals surface area (Å²) in [5.74, 6) is 5.88. The fraction of sp³-hybridized carbons (Fsp3) is 0.206. The number of esters is 1. The van der Waals surface area contributed by atoms with Crippen LogP contribution in [0.25, 0.3) is 0 Å². The molecular weight excluding hydrogens is 545 g/mol. The van der Waals surface area contributed by atoms with Crippen LogP contribution in [-0.2, 0) is 26.6 Å². The highest BCUT2D eigenvalue weighted by Gasteiger charge is 2.30. The summed E-state index contributed by atoms with van der Waals surface area (Å²) in [5.41, 5.74) is -1.43. The van der Waals surface area contributed by atoms with Gasteiger partial charge in [0.15, 0.2) is 20.3 Å². The Kier molecular flexibility index (Phi) is 9.80. The fourth-order valence-electron chi connectivity index (χ4n) is 3.93. The largest absolute Gasteiger partial charge is 0.494 e. The van der Waals surface area contributed by atoms with Crippen LogP contribution in [0.5, 0.6) is 5.75 Å². The summed E-state index contributed by atoms with van der Waals surface area (Å²) in [4.78, 5) is 16.0. The van der Waals surface area contributed by atoms with Crippen molar-refractivity contribution in [3.05, 3.63) is 120 Å². The molecule has 41 heavy (non-hydrogen) atoms. The van der Waals surface area contributed by atoms with Crippen LogP contribution in [0, 0.1) is 11.8 Å². The second-order valence-corrected chi connectivity index (χ2v) is 11.7. The monoisotopic (exact) mass is 575 g/mol. The van der Waals surface area contributed by atoms with Crippen LogP contribution in [0.3, 0.4) is 0 Å². The number of ether oxygens (including phenoxy) is 2. The van der Waals surface area contributed by atoms with Crippen molar-refractivity contribution in [3.63, 3.8) is 0 Å². The average Bonchev–Trinajstić information content (AvgIpc) is 2.96. The molecule has 0 aromatic heterocycles. The van der Waals surface area contributed by atoms with Crippen molar-refractivity contribution in [2.75, 3.05) is 6.61 Å². The van der Waals surface area contributed by atoms with Crippen LogP contribution in [0.1, 0.15) is 37.8 Å². The molecule has 4 aromatic carbocycles. The summed E-state index contributed by atoms with van der Waals surface area (Å²) in [6.07, 6.45) is -3.79. The second kappa shape index (κ2) is 13.5. The van der Waals surface area contributed by atoms with Gasteiger partial charge in [-0.25, -0.2) is 0 Å². The number of rotatable bonds is 9. The van der Waals surface area contributed by atoms with E-state index in [-0.39, 0.29) is 17.3 Å². The number of halogens is 3. The first-order chi connectivity index (χ1) is 19.6. The smallest absolute Gasteiger partial charge is 0.416 e. The van der Waals surface area contributed by atoms with Crippen LogP contribution < -0.4 is 4.74 Å². The van der Waals surface area contributed by atoms with Crippen LogP contribution in [0.15, 0.2) is 124 Å². The first-order valence-corrected chi connectivity index (χ1v) is 14.3. The number of alkyl halides is 3. The van der Waals surface area contributed by atoms with Crippen LogP contribution in [0.2, 0.25) is 0 Å². The Hall–Kier alpha value is -4.15. The molecule has 4 aromatic rings. The normalized spacial score (nSPS) is 11.5. The van der Waals surface area contributed by atoms with E-state index in [1.165, 1.54) is 26.8 Å². The lowest BCUT2D eigenvalue weighted by atomic mass is 10.1. The van der Waals surface area contributed by atoms with Crippen molar-refractivity contribution < 1.29 is 27.4 Å². The van der Waals surface area contributed by atoms with Gasteiger partial charge in [-0.2, -0.15) is 13.2 Å². The molecule has 0 fully saturated rings. The molecule has 0 amide bonds. The molecule has 0 spiro atoms. The van der Waals surface area contributed by atoms with Gasteiger partial charge in [0, 0.05) is 12.0 Å². The third kappa shape index (κ3) is 8.92. The average molecular weight is 576 g/mol. The molecule has 0 saturated heterocycles. The van der Waals surface area contributed by atoms with Gasteiger partial charge in [-0.15, -0.1) is 0 Å². The van der Waals surface area contributed by atoms with Crippen LogP contribution >= 0.6 is 0 Å². The lowest BCUT2D eigenvalue weighted by molar-refractivity contribution is -0.152. The van der Waals surface area contributed by atoms with Gasteiger partial charge in [-0.3, -0.25) is 4.79 Å². The Balaban J connectivity index is 1.27. The zero-order valence-corrected chi connectivity index (χ0v) is 23.6. The predicted octanol–water partition coefficient (Wildman–Crippen LogP) is 8.33. The van der Waals surface area contributed by atoms with E-state index in [1.54, 1.807) is 13.8 Å². The summed E-state index contributed by atoms with van der Waals surface area (Å²) in [7, 11) is -0.238. The molecule has 0 bridgehead atoms. The highest BCUT2D eigenvalue weighted by Crippen LogP contribution is 2.32. The molecule has 0 unspecified atom stereocenters. The van der Waals surface area contributed by atoms with E-state index in [0.29, 0.717) is 18.6 Å². The predicted molar refractivity (Wildman–Crippen MR) is 155 cm³/mol. The van der Waals surface area contributed by atoms with Gasteiger partial charge in [0.1, 0.15) is 5.75 Å². The summed E-state index contributed by atoms with van der Waals surface area (Å²) >= 11 is 0. The van der Waals surface area contributed by atoms with Gasteiger partial charge in [-0.1, -0.05) is 48.2 Å². The van der Waals surface area contributed by atoms with Crippen molar-refractivity contribution in [1.82, 2.24) is 0 Å². The first-order valence-electron chi connectivity index (χ1n) is 13.1. The summed E-state index contributed by atoms with van der Waals surface area (Å²) < 4.78 is 49.5. The lowest BCUT2D eigenvalue weighted by Crippen LogP contribution is -2.26. The number of carbonyl (C=O) groups excluding carboxylic acids is 1. The molecular formula is C34H30F3O3S+. The van der Waals surface area contributed by atoms with Crippen LogP contribution in [-0.4, -0.2) is 18.2 Å². The van der Waals surface area contributed by atoms with Crippen molar-refractivity contribution in [1.29, 1.82) is 0 Å². The molecule has 0 aliphatic heterocycles. The fourth-order valence-corrected chi connectivity index (χ4v) is 6.01. The zero-order valence-electron chi connectivity index (χ0n) is 22.8. The molecule has 7 heteroatoms. The van der Waals surface area contributed by atoms with Crippen molar-refractivity contribution in [2.24, 2.45) is 0 Å². The van der Waals surface area contributed by atoms with E-state index in [2.05, 4.69) is 48.2 Å². The van der Waals surface area contributed by atoms with Gasteiger partial charge in [-0.05, 0) is 93.1 Å². The molecule has 0 atom stereocenters. The molecule has 0 saturated carbocycles. The summed E-state index contributed by atoms with van der Waals surface area (Å²) in [6, 6.07) is 33.4. The van der Waals surface area contributed by atoms with E-state index < -0.39 is 23.3 Å². The SMILES string of the molecule is CC(C)(C#Cc1ccc(C(F)(F)F)cc1)OC(=O)CCCOc1ccc([S+](c2ccccc2)c2ccccc2)cc1. The molecule has 0 aliphatic carbocycles. The second-order valence-electron chi connectivity index (χ2n) is 9.67. The van der Waals surface area contributed by atoms with E-state index in [4.69, 9.17) is 9.47 Å². The zero-order chi connectivity index (χ0) is 29.3. The number of benzene rings is 4. The Bertz CT molecular complexity index is 1430. The highest BCUT2D eigenvalue weighted by atomic mass is 32.2. The molecule has 0 N–H and O–H groups in total. The Labute approximate surface area is 241 Å². The highest BCUT2D eigenvalue weighted by molar-refractivity contribution is 7.97. The van der Waals surface area contributed by atoms with E-state index in [9.17, 15) is 18.0 Å². The Morgan fingerprint density at radius 1 is 0.756 bits per heavy atom. The molecule has 4 rings (SSSR count). The third-order valence-electron chi connectivity index (χ3n) is 5.90. The molecule has 0 heterocycles. The van der Waals surface area contributed by atoms with E-state index >= 15 is 0 Å². The van der Waals surface area contributed by atoms with Gasteiger partial charge >= 0.3 is 12.1 Å². The van der Waals surface area contributed by atoms with Gasteiger partial charge < -0.3 is 9.47 Å². The molecule has 0 aliphatic rings. The van der Waals surface area contributed by atoms with Gasteiger partial charge in [0.05, 0.1) is 23.1 Å². The topological polar surface area (TPSA) is 35.5 Å². The standard InChI is InChI=1S/C34H30F3O3S/c1-33(2,24-23-26-15-17-27(18-16-26)34(35,36)37)40-32(38)14-9-25-39-28-19-21-31(22-20-28)41(29-10-5-3-6-11-29)30-12-7-4-8-13-30/h3-8,10-13,15-22H,9,14,25H2,1-2H3/q+1. The van der Waals surface area contributed by atoms with Gasteiger partial charge in [0.2, 0.25) is 0 Å². The maximum Gasteiger partial charge on any atom is 0.416 e. The summed E-state index contributed by atoms with van der Waals surface area (Å²) in [5, 5.41) is 0. The van der Waals surface area contributed by atoms with E-state index in [0.717, 1.165) is 17.9 Å². The summed E-state index contributed by atoms with van der Waals surface area (Å²) in [6.45, 7) is 3.62. The number of hydrogen-bond acceptors (Lipinski definition) is 3. The van der Waals surface area contributed by atoms with Gasteiger partial charge in [0.25, 0.3) is 0 Å².